The lowest BCUT2D eigenvalue weighted by atomic mass is 9.89. The van der Waals surface area contributed by atoms with E-state index in [-0.39, 0.29) is 23.8 Å². The van der Waals surface area contributed by atoms with Gasteiger partial charge in [0.15, 0.2) is 0 Å². The number of carboxylic acid groups (broad SMARTS) is 1. The molecule has 7 heteroatoms. The largest absolute Gasteiger partial charge is 0.481 e. The fourth-order valence-corrected chi connectivity index (χ4v) is 2.23. The highest BCUT2D eigenvalue weighted by molar-refractivity contribution is 6.34. The van der Waals surface area contributed by atoms with Gasteiger partial charge < -0.3 is 15.7 Å². The number of anilines is 2. The number of benzene rings is 1. The fraction of sp³-hybridized carbons (Fsp3) is 0.357. The second kappa shape index (κ2) is 5.37. The lowest BCUT2D eigenvalue weighted by Crippen LogP contribution is -2.29. The molecule has 2 rings (SSSR count). The smallest absolute Gasteiger partial charge is 0.309 e. The van der Waals surface area contributed by atoms with Crippen molar-refractivity contribution in [2.75, 3.05) is 10.6 Å². The molecule has 1 aliphatic heterocycles. The maximum atomic E-state index is 11.9. The lowest BCUT2D eigenvalue weighted by molar-refractivity contribution is -0.148. The third-order valence-corrected chi connectivity index (χ3v) is 3.59. The van der Waals surface area contributed by atoms with Crippen LogP contribution in [0.15, 0.2) is 12.1 Å². The number of hydrogen-bond acceptors (Lipinski definition) is 3. The van der Waals surface area contributed by atoms with Crippen molar-refractivity contribution in [1.82, 2.24) is 0 Å². The predicted molar refractivity (Wildman–Crippen MR) is 78.4 cm³/mol. The Hall–Kier alpha value is -2.08. The van der Waals surface area contributed by atoms with Crippen LogP contribution in [-0.4, -0.2) is 22.9 Å². The number of halogens is 1. The zero-order chi connectivity index (χ0) is 15.8. The number of nitrogens with one attached hydrogen (secondary N) is 2. The van der Waals surface area contributed by atoms with E-state index in [1.165, 1.54) is 13.8 Å². The zero-order valence-electron chi connectivity index (χ0n) is 11.6. The van der Waals surface area contributed by atoms with Gasteiger partial charge in [-0.25, -0.2) is 0 Å². The third-order valence-electron chi connectivity index (χ3n) is 3.27. The SMILES string of the molecule is CC(C)(CC(=O)Nc1cc2c(cc1Cl)NC(=O)C2)C(=O)O. The van der Waals surface area contributed by atoms with E-state index in [2.05, 4.69) is 10.6 Å². The molecule has 0 radical (unpaired) electrons. The van der Waals surface area contributed by atoms with Crippen molar-refractivity contribution in [1.29, 1.82) is 0 Å². The van der Waals surface area contributed by atoms with Gasteiger partial charge in [-0.1, -0.05) is 11.6 Å². The molecular weight excluding hydrogens is 296 g/mol. The summed E-state index contributed by atoms with van der Waals surface area (Å²) in [5.41, 5.74) is 0.592. The molecule has 21 heavy (non-hydrogen) atoms. The van der Waals surface area contributed by atoms with E-state index < -0.39 is 17.3 Å². The number of carbonyl (C=O) groups is 3. The molecule has 1 aromatic rings. The van der Waals surface area contributed by atoms with Crippen LogP contribution in [0.1, 0.15) is 25.8 Å². The minimum atomic E-state index is -1.16. The van der Waals surface area contributed by atoms with Gasteiger partial charge in [-0.15, -0.1) is 0 Å². The summed E-state index contributed by atoms with van der Waals surface area (Å²) in [7, 11) is 0. The van der Waals surface area contributed by atoms with Crippen LogP contribution in [0.4, 0.5) is 11.4 Å². The molecule has 0 aromatic heterocycles. The Kier molecular flexibility index (Phi) is 3.91. The highest BCUT2D eigenvalue weighted by atomic mass is 35.5. The van der Waals surface area contributed by atoms with E-state index in [1.807, 2.05) is 0 Å². The van der Waals surface area contributed by atoms with Crippen LogP contribution in [0, 0.1) is 5.41 Å². The van der Waals surface area contributed by atoms with E-state index in [0.29, 0.717) is 11.4 Å². The van der Waals surface area contributed by atoms with Gasteiger partial charge >= 0.3 is 5.97 Å². The molecule has 1 aromatic carbocycles. The van der Waals surface area contributed by atoms with Gasteiger partial charge in [0.1, 0.15) is 0 Å². The third kappa shape index (κ3) is 3.33. The summed E-state index contributed by atoms with van der Waals surface area (Å²) in [6.45, 7) is 2.95. The molecular formula is C14H15ClN2O4. The summed E-state index contributed by atoms with van der Waals surface area (Å²) in [5.74, 6) is -1.62. The summed E-state index contributed by atoms with van der Waals surface area (Å²) < 4.78 is 0. The molecule has 1 aliphatic rings. The van der Waals surface area contributed by atoms with Crippen molar-refractivity contribution >= 4 is 40.8 Å². The van der Waals surface area contributed by atoms with Crippen LogP contribution < -0.4 is 10.6 Å². The standard InChI is InChI=1S/C14H15ClN2O4/c1-14(2,13(20)21)6-12(19)17-10-3-7-4-11(18)16-9(7)5-8(10)15/h3,5H,4,6H2,1-2H3,(H,16,18)(H,17,19)(H,20,21). The topological polar surface area (TPSA) is 95.5 Å². The second-order valence-electron chi connectivity index (χ2n) is 5.63. The Bertz CT molecular complexity index is 640. The summed E-state index contributed by atoms with van der Waals surface area (Å²) in [6.07, 6.45) is 0.0585. The van der Waals surface area contributed by atoms with Crippen LogP contribution in [0.3, 0.4) is 0 Å². The van der Waals surface area contributed by atoms with Gasteiger partial charge in [-0.3, -0.25) is 14.4 Å². The van der Waals surface area contributed by atoms with E-state index in [4.69, 9.17) is 16.7 Å². The zero-order valence-corrected chi connectivity index (χ0v) is 12.4. The number of amides is 2. The minimum absolute atomic E-state index is 0.128. The maximum absolute atomic E-state index is 11.9. The molecule has 0 unspecified atom stereocenters. The number of rotatable bonds is 4. The van der Waals surface area contributed by atoms with Gasteiger partial charge in [-0.2, -0.15) is 0 Å². The van der Waals surface area contributed by atoms with Crippen molar-refractivity contribution in [3.63, 3.8) is 0 Å². The van der Waals surface area contributed by atoms with E-state index in [0.717, 1.165) is 5.56 Å². The molecule has 0 spiro atoms. The highest BCUT2D eigenvalue weighted by Gasteiger charge is 2.30. The van der Waals surface area contributed by atoms with Crippen molar-refractivity contribution in [3.8, 4) is 0 Å². The summed E-state index contributed by atoms with van der Waals surface area (Å²) in [5, 5.41) is 14.6. The first kappa shape index (κ1) is 15.3. The maximum Gasteiger partial charge on any atom is 0.309 e. The Morgan fingerprint density at radius 2 is 2.10 bits per heavy atom. The van der Waals surface area contributed by atoms with Crippen molar-refractivity contribution < 1.29 is 19.5 Å². The van der Waals surface area contributed by atoms with Gasteiger partial charge in [0.2, 0.25) is 11.8 Å². The number of fused-ring (bicyclic) bond motifs is 1. The van der Waals surface area contributed by atoms with Crippen molar-refractivity contribution in [3.05, 3.63) is 22.7 Å². The second-order valence-corrected chi connectivity index (χ2v) is 6.04. The number of carboxylic acids is 1. The minimum Gasteiger partial charge on any atom is -0.481 e. The van der Waals surface area contributed by atoms with E-state index in [1.54, 1.807) is 12.1 Å². The average molecular weight is 311 g/mol. The molecule has 0 bridgehead atoms. The molecule has 1 heterocycles. The van der Waals surface area contributed by atoms with Crippen LogP contribution >= 0.6 is 11.6 Å². The van der Waals surface area contributed by atoms with Crippen LogP contribution in [0.5, 0.6) is 0 Å². The molecule has 0 atom stereocenters. The fourth-order valence-electron chi connectivity index (χ4n) is 2.02. The first-order valence-electron chi connectivity index (χ1n) is 6.34. The number of aliphatic carboxylic acids is 1. The first-order valence-corrected chi connectivity index (χ1v) is 6.72. The number of carbonyl (C=O) groups excluding carboxylic acids is 2. The Balaban J connectivity index is 2.14. The van der Waals surface area contributed by atoms with Crippen LogP contribution in [0.2, 0.25) is 5.02 Å². The normalized spacial score (nSPS) is 13.6. The monoisotopic (exact) mass is 310 g/mol. The molecule has 3 N–H and O–H groups in total. The summed E-state index contributed by atoms with van der Waals surface area (Å²) in [4.78, 5) is 34.2. The van der Waals surface area contributed by atoms with Gasteiger partial charge in [0.25, 0.3) is 0 Å². The quantitative estimate of drug-likeness (QED) is 0.795. The highest BCUT2D eigenvalue weighted by Crippen LogP contribution is 2.33. The average Bonchev–Trinajstić information content (AvgIpc) is 2.67. The van der Waals surface area contributed by atoms with Gasteiger partial charge in [-0.05, 0) is 31.5 Å². The Morgan fingerprint density at radius 3 is 2.71 bits per heavy atom. The molecule has 0 aliphatic carbocycles. The van der Waals surface area contributed by atoms with Crippen molar-refractivity contribution in [2.45, 2.75) is 26.7 Å². The number of hydrogen-bond donors (Lipinski definition) is 3. The summed E-state index contributed by atoms with van der Waals surface area (Å²) >= 11 is 6.05. The predicted octanol–water partition coefficient (Wildman–Crippen LogP) is 2.27. The van der Waals surface area contributed by atoms with E-state index in [9.17, 15) is 14.4 Å². The van der Waals surface area contributed by atoms with Crippen LogP contribution in [-0.2, 0) is 20.8 Å². The van der Waals surface area contributed by atoms with Crippen LogP contribution in [0.25, 0.3) is 0 Å². The first-order chi connectivity index (χ1) is 9.69. The molecule has 0 saturated heterocycles. The van der Waals surface area contributed by atoms with E-state index >= 15 is 0 Å². The van der Waals surface area contributed by atoms with Gasteiger partial charge in [0.05, 0.1) is 22.5 Å². The molecule has 112 valence electrons. The Labute approximate surface area is 126 Å². The molecule has 0 saturated carbocycles. The molecule has 6 nitrogen and oxygen atoms in total. The Morgan fingerprint density at radius 1 is 1.43 bits per heavy atom. The van der Waals surface area contributed by atoms with Crippen molar-refractivity contribution in [2.24, 2.45) is 5.41 Å². The van der Waals surface area contributed by atoms with Gasteiger partial charge in [0, 0.05) is 12.1 Å². The lowest BCUT2D eigenvalue weighted by Gasteiger charge is -2.18. The molecule has 0 fully saturated rings. The summed E-state index contributed by atoms with van der Waals surface area (Å²) in [6, 6.07) is 3.20. The molecule has 2 amide bonds.